The smallest absolute Gasteiger partial charge is 0.231 e. The van der Waals surface area contributed by atoms with Crippen molar-refractivity contribution in [1.29, 1.82) is 0 Å². The third-order valence-electron chi connectivity index (χ3n) is 1.81. The second kappa shape index (κ2) is 4.34. The van der Waals surface area contributed by atoms with Gasteiger partial charge < -0.3 is 10.3 Å². The Hall–Kier alpha value is -1.20. The van der Waals surface area contributed by atoms with Gasteiger partial charge in [-0.25, -0.2) is 0 Å². The van der Waals surface area contributed by atoms with E-state index in [1.54, 1.807) is 11.3 Å². The molecule has 0 aliphatic rings. The zero-order valence-electron chi connectivity index (χ0n) is 7.64. The highest BCUT2D eigenvalue weighted by Crippen LogP contribution is 2.11. The van der Waals surface area contributed by atoms with Crippen LogP contribution in [0.2, 0.25) is 0 Å². The number of rotatable bonds is 4. The Balaban J connectivity index is 2.03. The molecule has 0 radical (unpaired) electrons. The van der Waals surface area contributed by atoms with Crippen LogP contribution in [-0.4, -0.2) is 16.7 Å². The van der Waals surface area contributed by atoms with E-state index >= 15 is 0 Å². The number of hydrogen-bond donors (Lipinski definition) is 1. The zero-order chi connectivity index (χ0) is 9.80. The summed E-state index contributed by atoms with van der Waals surface area (Å²) in [4.78, 5) is 4.22. The molecule has 0 aliphatic heterocycles. The molecule has 0 bridgehead atoms. The molecule has 0 amide bonds. The minimum absolute atomic E-state index is 0.553. The van der Waals surface area contributed by atoms with Crippen molar-refractivity contribution < 1.29 is 4.52 Å². The van der Waals surface area contributed by atoms with Crippen LogP contribution in [0.5, 0.6) is 0 Å². The second-order valence-corrected chi connectivity index (χ2v) is 3.73. The lowest BCUT2D eigenvalue weighted by molar-refractivity contribution is 0.379. The summed E-state index contributed by atoms with van der Waals surface area (Å²) in [6.07, 6.45) is 1.38. The number of nitrogens with two attached hydrogens (primary N) is 1. The van der Waals surface area contributed by atoms with Crippen LogP contribution in [0.4, 0.5) is 0 Å². The number of aromatic nitrogens is 2. The van der Waals surface area contributed by atoms with E-state index in [0.717, 1.165) is 0 Å². The topological polar surface area (TPSA) is 64.9 Å². The van der Waals surface area contributed by atoms with Crippen LogP contribution >= 0.6 is 11.3 Å². The minimum Gasteiger partial charge on any atom is -0.339 e. The summed E-state index contributed by atoms with van der Waals surface area (Å²) in [6, 6.07) is 2.05. The van der Waals surface area contributed by atoms with E-state index in [1.165, 1.54) is 5.56 Å². The van der Waals surface area contributed by atoms with Crippen molar-refractivity contribution in [2.45, 2.75) is 12.8 Å². The van der Waals surface area contributed by atoms with E-state index in [-0.39, 0.29) is 0 Å². The Labute approximate surface area is 85.7 Å². The molecular formula is C9H11N3OS. The summed E-state index contributed by atoms with van der Waals surface area (Å²) >= 11 is 1.67. The molecule has 2 rings (SSSR count). The summed E-state index contributed by atoms with van der Waals surface area (Å²) < 4.78 is 5.08. The van der Waals surface area contributed by atoms with Crippen molar-refractivity contribution in [3.05, 3.63) is 34.1 Å². The van der Waals surface area contributed by atoms with Gasteiger partial charge in [0.1, 0.15) is 0 Å². The first-order valence-electron chi connectivity index (χ1n) is 4.41. The van der Waals surface area contributed by atoms with Crippen LogP contribution in [0, 0.1) is 0 Å². The average Bonchev–Trinajstić information content (AvgIpc) is 2.79. The molecule has 2 N–H and O–H groups in total. The Bertz CT molecular complexity index is 382. The highest BCUT2D eigenvalue weighted by atomic mass is 32.1. The van der Waals surface area contributed by atoms with Gasteiger partial charge in [0.2, 0.25) is 5.89 Å². The fraction of sp³-hybridized carbons (Fsp3) is 0.333. The summed E-state index contributed by atoms with van der Waals surface area (Å²) in [6.45, 7) is 0.553. The lowest BCUT2D eigenvalue weighted by Gasteiger charge is -1.88. The lowest BCUT2D eigenvalue weighted by atomic mass is 10.2. The molecule has 0 aromatic carbocycles. The molecule has 5 heteroatoms. The first kappa shape index (κ1) is 9.36. The third kappa shape index (κ3) is 2.18. The third-order valence-corrected chi connectivity index (χ3v) is 2.55. The van der Waals surface area contributed by atoms with Crippen molar-refractivity contribution in [3.63, 3.8) is 0 Å². The maximum atomic E-state index is 5.39. The van der Waals surface area contributed by atoms with Crippen molar-refractivity contribution in [2.24, 2.45) is 5.73 Å². The highest BCUT2D eigenvalue weighted by molar-refractivity contribution is 7.07. The monoisotopic (exact) mass is 209 g/mol. The molecule has 0 aliphatic carbocycles. The number of thiophene rings is 1. The maximum absolute atomic E-state index is 5.39. The van der Waals surface area contributed by atoms with E-state index < -0.39 is 0 Å². The maximum Gasteiger partial charge on any atom is 0.231 e. The summed E-state index contributed by atoms with van der Waals surface area (Å²) in [5.41, 5.74) is 6.59. The molecule has 0 spiro atoms. The standard InChI is InChI=1S/C9H11N3OS/c10-3-1-8-11-9(13-12-8)5-7-2-4-14-6-7/h2,4,6H,1,3,5,10H2. The van der Waals surface area contributed by atoms with Crippen LogP contribution in [0.25, 0.3) is 0 Å². The minimum atomic E-state index is 0.553. The fourth-order valence-electron chi connectivity index (χ4n) is 1.16. The van der Waals surface area contributed by atoms with E-state index in [0.29, 0.717) is 31.1 Å². The Morgan fingerprint density at radius 3 is 3.14 bits per heavy atom. The molecule has 74 valence electrons. The van der Waals surface area contributed by atoms with Crippen LogP contribution in [0.15, 0.2) is 21.3 Å². The van der Waals surface area contributed by atoms with Crippen molar-refractivity contribution in [1.82, 2.24) is 10.1 Å². The van der Waals surface area contributed by atoms with E-state index in [2.05, 4.69) is 21.6 Å². The van der Waals surface area contributed by atoms with Crippen LogP contribution in [-0.2, 0) is 12.8 Å². The predicted octanol–water partition coefficient (Wildman–Crippen LogP) is 1.22. The normalized spacial score (nSPS) is 10.6. The van der Waals surface area contributed by atoms with Gasteiger partial charge in [0.15, 0.2) is 5.82 Å². The predicted molar refractivity (Wildman–Crippen MR) is 54.2 cm³/mol. The Morgan fingerprint density at radius 1 is 1.50 bits per heavy atom. The number of nitrogens with zero attached hydrogens (tertiary/aromatic N) is 2. The SMILES string of the molecule is NCCc1noc(Cc2ccsc2)n1. The molecule has 4 nitrogen and oxygen atoms in total. The van der Waals surface area contributed by atoms with Gasteiger partial charge in [-0.2, -0.15) is 16.3 Å². The van der Waals surface area contributed by atoms with Gasteiger partial charge in [0.25, 0.3) is 0 Å². The summed E-state index contributed by atoms with van der Waals surface area (Å²) in [7, 11) is 0. The zero-order valence-corrected chi connectivity index (χ0v) is 8.46. The first-order valence-corrected chi connectivity index (χ1v) is 5.35. The Morgan fingerprint density at radius 2 is 2.43 bits per heavy atom. The first-order chi connectivity index (χ1) is 6.88. The van der Waals surface area contributed by atoms with Crippen molar-refractivity contribution in [2.75, 3.05) is 6.54 Å². The molecule has 2 aromatic rings. The van der Waals surface area contributed by atoms with Crippen molar-refractivity contribution >= 4 is 11.3 Å². The van der Waals surface area contributed by atoms with E-state index in [4.69, 9.17) is 10.3 Å². The molecular weight excluding hydrogens is 198 g/mol. The lowest BCUT2D eigenvalue weighted by Crippen LogP contribution is -2.04. The highest BCUT2D eigenvalue weighted by Gasteiger charge is 2.06. The van der Waals surface area contributed by atoms with Gasteiger partial charge in [-0.15, -0.1) is 0 Å². The van der Waals surface area contributed by atoms with Crippen LogP contribution in [0.3, 0.4) is 0 Å². The van der Waals surface area contributed by atoms with Gasteiger partial charge in [-0.1, -0.05) is 5.16 Å². The quantitative estimate of drug-likeness (QED) is 0.822. The van der Waals surface area contributed by atoms with Crippen LogP contribution in [0.1, 0.15) is 17.3 Å². The molecule has 0 unspecified atom stereocenters. The van der Waals surface area contributed by atoms with Crippen LogP contribution < -0.4 is 5.73 Å². The van der Waals surface area contributed by atoms with Crippen molar-refractivity contribution in [3.8, 4) is 0 Å². The Kier molecular flexibility index (Phi) is 2.90. The largest absolute Gasteiger partial charge is 0.339 e. The molecule has 0 atom stereocenters. The van der Waals surface area contributed by atoms with Gasteiger partial charge in [0, 0.05) is 6.42 Å². The molecule has 0 saturated carbocycles. The molecule has 14 heavy (non-hydrogen) atoms. The summed E-state index contributed by atoms with van der Waals surface area (Å²) in [5, 5.41) is 7.93. The average molecular weight is 209 g/mol. The van der Waals surface area contributed by atoms with Gasteiger partial charge >= 0.3 is 0 Å². The molecule has 0 fully saturated rings. The van der Waals surface area contributed by atoms with E-state index in [9.17, 15) is 0 Å². The van der Waals surface area contributed by atoms with Gasteiger partial charge in [-0.3, -0.25) is 0 Å². The molecule has 0 saturated heterocycles. The second-order valence-electron chi connectivity index (χ2n) is 2.95. The molecule has 2 aromatic heterocycles. The number of hydrogen-bond acceptors (Lipinski definition) is 5. The van der Waals surface area contributed by atoms with E-state index in [1.807, 2.05) is 5.38 Å². The summed E-state index contributed by atoms with van der Waals surface area (Å²) in [5.74, 6) is 1.35. The molecule has 2 heterocycles. The van der Waals surface area contributed by atoms with Gasteiger partial charge in [-0.05, 0) is 28.9 Å². The van der Waals surface area contributed by atoms with Gasteiger partial charge in [0.05, 0.1) is 6.42 Å². The fourth-order valence-corrected chi connectivity index (χ4v) is 1.83.